The average Bonchev–Trinajstić information content (AvgIpc) is 3.11. The minimum Gasteiger partial charge on any atom is -0.425 e. The maximum absolute atomic E-state index is 5.78. The molecule has 0 spiro atoms. The normalized spacial score (nSPS) is 21.6. The van der Waals surface area contributed by atoms with Gasteiger partial charge in [-0.1, -0.05) is 18.5 Å². The second kappa shape index (κ2) is 6.39. The van der Waals surface area contributed by atoms with Crippen molar-refractivity contribution in [2.45, 2.75) is 45.1 Å². The number of anilines is 1. The van der Waals surface area contributed by atoms with Crippen LogP contribution in [-0.2, 0) is 12.8 Å². The summed E-state index contributed by atoms with van der Waals surface area (Å²) in [7, 11) is 0. The molecule has 0 saturated heterocycles. The Hall–Kier alpha value is -1.69. The molecule has 1 fully saturated rings. The second-order valence-corrected chi connectivity index (χ2v) is 5.83. The van der Waals surface area contributed by atoms with Crippen molar-refractivity contribution in [2.24, 2.45) is 5.92 Å². The predicted molar refractivity (Wildman–Crippen MR) is 79.2 cm³/mol. The van der Waals surface area contributed by atoms with E-state index >= 15 is 0 Å². The van der Waals surface area contributed by atoms with Crippen LogP contribution in [0.5, 0.6) is 0 Å². The van der Waals surface area contributed by atoms with Crippen LogP contribution in [0.25, 0.3) is 0 Å². The molecule has 1 aliphatic rings. The van der Waals surface area contributed by atoms with E-state index in [0.717, 1.165) is 38.0 Å². The fourth-order valence-corrected chi connectivity index (χ4v) is 2.82. The van der Waals surface area contributed by atoms with Crippen LogP contribution in [0, 0.1) is 5.92 Å². The molecule has 0 bridgehead atoms. The van der Waals surface area contributed by atoms with E-state index in [0.29, 0.717) is 28.8 Å². The van der Waals surface area contributed by atoms with Gasteiger partial charge in [-0.3, -0.25) is 0 Å². The van der Waals surface area contributed by atoms with E-state index in [9.17, 15) is 0 Å². The van der Waals surface area contributed by atoms with Crippen molar-refractivity contribution in [1.29, 1.82) is 0 Å². The Labute approximate surface area is 128 Å². The van der Waals surface area contributed by atoms with Crippen LogP contribution in [0.2, 0.25) is 5.02 Å². The van der Waals surface area contributed by atoms with Crippen LogP contribution < -0.4 is 5.32 Å². The van der Waals surface area contributed by atoms with Crippen molar-refractivity contribution in [3.8, 4) is 0 Å². The third-order valence-electron chi connectivity index (χ3n) is 3.77. The molecule has 2 aromatic rings. The van der Waals surface area contributed by atoms with Crippen LogP contribution in [0.1, 0.15) is 38.0 Å². The molecular formula is C14H18ClN5O. The molecule has 2 atom stereocenters. The third-order valence-corrected chi connectivity index (χ3v) is 3.96. The Morgan fingerprint density at radius 2 is 2.00 bits per heavy atom. The summed E-state index contributed by atoms with van der Waals surface area (Å²) in [5, 5.41) is 12.0. The zero-order valence-electron chi connectivity index (χ0n) is 11.9. The van der Waals surface area contributed by atoms with Gasteiger partial charge in [0.25, 0.3) is 0 Å². The number of aromatic nitrogens is 4. The van der Waals surface area contributed by atoms with Crippen molar-refractivity contribution in [2.75, 3.05) is 5.32 Å². The van der Waals surface area contributed by atoms with Crippen LogP contribution in [0.3, 0.4) is 0 Å². The van der Waals surface area contributed by atoms with E-state index in [2.05, 4.69) is 25.5 Å². The zero-order chi connectivity index (χ0) is 14.7. The van der Waals surface area contributed by atoms with Crippen molar-refractivity contribution in [3.63, 3.8) is 0 Å². The number of hydrogen-bond acceptors (Lipinski definition) is 6. The molecule has 3 rings (SSSR count). The Kier molecular flexibility index (Phi) is 4.34. The van der Waals surface area contributed by atoms with E-state index in [1.165, 1.54) is 0 Å². The van der Waals surface area contributed by atoms with E-state index < -0.39 is 0 Å². The third kappa shape index (κ3) is 3.69. The highest BCUT2D eigenvalue weighted by Crippen LogP contribution is 2.30. The molecule has 2 aromatic heterocycles. The summed E-state index contributed by atoms with van der Waals surface area (Å²) >= 11 is 5.78. The van der Waals surface area contributed by atoms with E-state index in [4.69, 9.17) is 16.0 Å². The van der Waals surface area contributed by atoms with Crippen LogP contribution in [0.15, 0.2) is 16.8 Å². The van der Waals surface area contributed by atoms with Gasteiger partial charge in [0.1, 0.15) is 0 Å². The highest BCUT2D eigenvalue weighted by atomic mass is 35.5. The summed E-state index contributed by atoms with van der Waals surface area (Å²) < 4.78 is 5.58. The molecule has 1 saturated carbocycles. The first-order chi connectivity index (χ1) is 10.2. The van der Waals surface area contributed by atoms with Gasteiger partial charge in [0.15, 0.2) is 0 Å². The highest BCUT2D eigenvalue weighted by molar-refractivity contribution is 6.30. The summed E-state index contributed by atoms with van der Waals surface area (Å²) in [5.41, 5.74) is 0. The van der Waals surface area contributed by atoms with Crippen molar-refractivity contribution >= 4 is 17.5 Å². The van der Waals surface area contributed by atoms with Crippen molar-refractivity contribution in [1.82, 2.24) is 20.2 Å². The fourth-order valence-electron chi connectivity index (χ4n) is 2.72. The van der Waals surface area contributed by atoms with Gasteiger partial charge in [-0.2, -0.15) is 0 Å². The molecule has 0 aromatic carbocycles. The molecule has 21 heavy (non-hydrogen) atoms. The summed E-state index contributed by atoms with van der Waals surface area (Å²) in [4.78, 5) is 8.34. The van der Waals surface area contributed by atoms with E-state index in [1.54, 1.807) is 12.4 Å². The van der Waals surface area contributed by atoms with Gasteiger partial charge in [-0.15, -0.1) is 10.2 Å². The Morgan fingerprint density at radius 1 is 1.24 bits per heavy atom. The average molecular weight is 308 g/mol. The lowest BCUT2D eigenvalue weighted by molar-refractivity contribution is 0.409. The lowest BCUT2D eigenvalue weighted by Gasteiger charge is -2.12. The second-order valence-electron chi connectivity index (χ2n) is 5.39. The fraction of sp³-hybridized carbons (Fsp3) is 0.571. The molecule has 7 heteroatoms. The van der Waals surface area contributed by atoms with E-state index in [1.807, 2.05) is 6.92 Å². The molecule has 0 aliphatic heterocycles. The largest absolute Gasteiger partial charge is 0.425 e. The molecule has 1 N–H and O–H groups in total. The van der Waals surface area contributed by atoms with E-state index in [-0.39, 0.29) is 0 Å². The minimum atomic E-state index is 0.393. The van der Waals surface area contributed by atoms with Gasteiger partial charge in [0, 0.05) is 18.9 Å². The maximum Gasteiger partial charge on any atom is 0.222 e. The Bertz CT molecular complexity index is 585. The minimum absolute atomic E-state index is 0.393. The van der Waals surface area contributed by atoms with Gasteiger partial charge >= 0.3 is 0 Å². The molecule has 0 unspecified atom stereocenters. The van der Waals surface area contributed by atoms with Crippen molar-refractivity contribution < 1.29 is 4.42 Å². The number of nitrogens with zero attached hydrogens (tertiary/aromatic N) is 4. The van der Waals surface area contributed by atoms with Gasteiger partial charge < -0.3 is 9.73 Å². The molecule has 2 heterocycles. The molecule has 0 amide bonds. The molecule has 112 valence electrons. The maximum atomic E-state index is 5.78. The number of nitrogens with one attached hydrogen (secondary N) is 1. The van der Waals surface area contributed by atoms with Crippen LogP contribution >= 0.6 is 11.6 Å². The van der Waals surface area contributed by atoms with Gasteiger partial charge in [0.2, 0.25) is 17.7 Å². The smallest absolute Gasteiger partial charge is 0.222 e. The number of rotatable bonds is 5. The zero-order valence-corrected chi connectivity index (χ0v) is 12.7. The van der Waals surface area contributed by atoms with Gasteiger partial charge in [-0.25, -0.2) is 9.97 Å². The topological polar surface area (TPSA) is 76.7 Å². The molecule has 6 nitrogen and oxygen atoms in total. The standard InChI is InChI=1S/C14H18ClN5O/c1-2-12-19-20-13(21-12)6-9-3-4-11(5-9)18-14-16-7-10(15)8-17-14/h7-9,11H,2-6H2,1H3,(H,16,17,18)/t9-,11+/m1/s1. The Balaban J connectivity index is 1.52. The van der Waals surface area contributed by atoms with Crippen LogP contribution in [-0.4, -0.2) is 26.2 Å². The summed E-state index contributed by atoms with van der Waals surface area (Å²) in [5.74, 6) is 2.67. The summed E-state index contributed by atoms with van der Waals surface area (Å²) in [6.07, 6.45) is 8.17. The number of halogens is 1. The summed E-state index contributed by atoms with van der Waals surface area (Å²) in [6.45, 7) is 2.01. The first kappa shape index (κ1) is 14.3. The van der Waals surface area contributed by atoms with Gasteiger partial charge in [0.05, 0.1) is 17.4 Å². The lowest BCUT2D eigenvalue weighted by Crippen LogP contribution is -2.17. The molecule has 0 radical (unpaired) electrons. The van der Waals surface area contributed by atoms with Crippen molar-refractivity contribution in [3.05, 3.63) is 29.2 Å². The molecule has 1 aliphatic carbocycles. The molecular weight excluding hydrogens is 290 g/mol. The quantitative estimate of drug-likeness (QED) is 0.915. The SMILES string of the molecule is CCc1nnc(C[C@@H]2CC[C@H](Nc3ncc(Cl)cn3)C2)o1. The Morgan fingerprint density at radius 3 is 2.71 bits per heavy atom. The monoisotopic (exact) mass is 307 g/mol. The first-order valence-corrected chi connectivity index (χ1v) is 7.66. The number of hydrogen-bond donors (Lipinski definition) is 1. The first-order valence-electron chi connectivity index (χ1n) is 7.28. The lowest BCUT2D eigenvalue weighted by atomic mass is 10.0. The highest BCUT2D eigenvalue weighted by Gasteiger charge is 2.26. The summed E-state index contributed by atoms with van der Waals surface area (Å²) in [6, 6.07) is 0.393. The van der Waals surface area contributed by atoms with Crippen LogP contribution in [0.4, 0.5) is 5.95 Å². The number of aryl methyl sites for hydroxylation is 1. The van der Waals surface area contributed by atoms with Gasteiger partial charge in [-0.05, 0) is 25.2 Å². The predicted octanol–water partition coefficient (Wildman–Crippen LogP) is 2.90.